The quantitative estimate of drug-likeness (QED) is 0.428. The van der Waals surface area contributed by atoms with E-state index in [9.17, 15) is 13.2 Å². The summed E-state index contributed by atoms with van der Waals surface area (Å²) in [5.74, 6) is 0. The van der Waals surface area contributed by atoms with E-state index in [1.807, 2.05) is 0 Å². The predicted octanol–water partition coefficient (Wildman–Crippen LogP) is 2.34. The van der Waals surface area contributed by atoms with Gasteiger partial charge >= 0.3 is 6.18 Å². The van der Waals surface area contributed by atoms with E-state index < -0.39 is 11.8 Å². The van der Waals surface area contributed by atoms with Crippen LogP contribution in [0.5, 0.6) is 0 Å². The van der Waals surface area contributed by atoms with Gasteiger partial charge in [-0.2, -0.15) is 13.2 Å². The van der Waals surface area contributed by atoms with Crippen LogP contribution in [0.1, 0.15) is 13.3 Å². The maximum atomic E-state index is 12.9. The Labute approximate surface area is 97.2 Å². The summed E-state index contributed by atoms with van der Waals surface area (Å²) < 4.78 is 43.7. The van der Waals surface area contributed by atoms with Crippen LogP contribution in [0.3, 0.4) is 0 Å². The van der Waals surface area contributed by atoms with Gasteiger partial charge in [-0.05, 0) is 18.9 Å². The van der Waals surface area contributed by atoms with Gasteiger partial charge in [0.05, 0.1) is 0 Å². The van der Waals surface area contributed by atoms with E-state index in [0.717, 1.165) is 0 Å². The van der Waals surface area contributed by atoms with Crippen molar-refractivity contribution in [3.8, 4) is 0 Å². The average molecular weight is 252 g/mol. The first-order valence-electron chi connectivity index (χ1n) is 5.39. The monoisotopic (exact) mass is 252 g/mol. The molecule has 0 bridgehead atoms. The lowest BCUT2D eigenvalue weighted by Gasteiger charge is -2.31. The molecule has 0 aliphatic carbocycles. The molecule has 0 aromatic rings. The van der Waals surface area contributed by atoms with E-state index >= 15 is 0 Å². The van der Waals surface area contributed by atoms with E-state index in [4.69, 9.17) is 10.3 Å². The minimum Gasteiger partial charge on any atom is -0.364 e. The summed E-state index contributed by atoms with van der Waals surface area (Å²) >= 11 is 0. The highest BCUT2D eigenvalue weighted by molar-refractivity contribution is 4.97. The Kier molecular flexibility index (Phi) is 4.62. The molecule has 1 aliphatic rings. The Bertz CT molecular complexity index is 303. The van der Waals surface area contributed by atoms with Crippen molar-refractivity contribution in [3.05, 3.63) is 10.4 Å². The van der Waals surface area contributed by atoms with E-state index in [2.05, 4.69) is 10.0 Å². The minimum absolute atomic E-state index is 0.0314. The zero-order valence-corrected chi connectivity index (χ0v) is 9.57. The van der Waals surface area contributed by atoms with Crippen molar-refractivity contribution in [2.75, 3.05) is 32.8 Å². The van der Waals surface area contributed by atoms with Gasteiger partial charge in [-0.15, -0.1) is 0 Å². The van der Waals surface area contributed by atoms with Gasteiger partial charge in [-0.1, -0.05) is 5.11 Å². The summed E-state index contributed by atoms with van der Waals surface area (Å²) in [5, 5.41) is 3.31. The molecule has 1 unspecified atom stereocenters. The maximum absolute atomic E-state index is 12.9. The molecular formula is C9H15F3N4O. The van der Waals surface area contributed by atoms with Crippen molar-refractivity contribution in [2.24, 2.45) is 5.11 Å². The van der Waals surface area contributed by atoms with Gasteiger partial charge in [-0.3, -0.25) is 4.90 Å². The molecule has 5 nitrogen and oxygen atoms in total. The molecule has 98 valence electrons. The number of rotatable bonds is 5. The fourth-order valence-electron chi connectivity index (χ4n) is 1.99. The first-order chi connectivity index (χ1) is 7.95. The van der Waals surface area contributed by atoms with Gasteiger partial charge < -0.3 is 4.74 Å². The van der Waals surface area contributed by atoms with Crippen molar-refractivity contribution in [1.82, 2.24) is 4.90 Å². The lowest BCUT2D eigenvalue weighted by atomic mass is 10.0. The SMILES string of the molecule is CCOC1(C(F)(F)F)CCN(CCN=[N+]=[N-])C1. The van der Waals surface area contributed by atoms with Crippen molar-refractivity contribution in [1.29, 1.82) is 0 Å². The van der Waals surface area contributed by atoms with Crippen LogP contribution in [0.25, 0.3) is 10.4 Å². The highest BCUT2D eigenvalue weighted by Gasteiger charge is 2.58. The van der Waals surface area contributed by atoms with Gasteiger partial charge in [0.15, 0.2) is 5.60 Å². The topological polar surface area (TPSA) is 61.2 Å². The molecule has 0 spiro atoms. The second-order valence-electron chi connectivity index (χ2n) is 3.91. The van der Waals surface area contributed by atoms with Gasteiger partial charge in [0.25, 0.3) is 0 Å². The number of ether oxygens (including phenoxy) is 1. The molecule has 17 heavy (non-hydrogen) atoms. The first-order valence-corrected chi connectivity index (χ1v) is 5.39. The Morgan fingerprint density at radius 3 is 2.76 bits per heavy atom. The highest BCUT2D eigenvalue weighted by Crippen LogP contribution is 2.40. The number of hydrogen-bond donors (Lipinski definition) is 0. The van der Waals surface area contributed by atoms with Crippen LogP contribution in [0.15, 0.2) is 5.11 Å². The fourth-order valence-corrected chi connectivity index (χ4v) is 1.99. The molecule has 1 rings (SSSR count). The Morgan fingerprint density at radius 1 is 1.53 bits per heavy atom. The lowest BCUT2D eigenvalue weighted by molar-refractivity contribution is -0.270. The van der Waals surface area contributed by atoms with E-state index in [1.165, 1.54) is 0 Å². The largest absolute Gasteiger partial charge is 0.418 e. The van der Waals surface area contributed by atoms with E-state index in [1.54, 1.807) is 11.8 Å². The van der Waals surface area contributed by atoms with Crippen molar-refractivity contribution in [3.63, 3.8) is 0 Å². The number of nitrogens with zero attached hydrogens (tertiary/aromatic N) is 4. The number of hydrogen-bond acceptors (Lipinski definition) is 3. The number of halogens is 3. The Hall–Kier alpha value is -0.980. The zero-order valence-electron chi connectivity index (χ0n) is 9.57. The summed E-state index contributed by atoms with van der Waals surface area (Å²) in [4.78, 5) is 4.17. The Morgan fingerprint density at radius 2 is 2.24 bits per heavy atom. The summed E-state index contributed by atoms with van der Waals surface area (Å²) in [6.45, 7) is 2.21. The van der Waals surface area contributed by atoms with Gasteiger partial charge in [0.2, 0.25) is 0 Å². The first kappa shape index (κ1) is 14.1. The van der Waals surface area contributed by atoms with Crippen LogP contribution in [0.4, 0.5) is 13.2 Å². The molecule has 0 saturated carbocycles. The molecule has 0 aromatic carbocycles. The van der Waals surface area contributed by atoms with Crippen molar-refractivity contribution in [2.45, 2.75) is 25.1 Å². The predicted molar refractivity (Wildman–Crippen MR) is 55.5 cm³/mol. The van der Waals surface area contributed by atoms with Crippen molar-refractivity contribution < 1.29 is 17.9 Å². The summed E-state index contributed by atoms with van der Waals surface area (Å²) in [6.07, 6.45) is -4.43. The third-order valence-electron chi connectivity index (χ3n) is 2.83. The maximum Gasteiger partial charge on any atom is 0.418 e. The molecule has 0 aromatic heterocycles. The average Bonchev–Trinajstić information content (AvgIpc) is 2.63. The second kappa shape index (κ2) is 5.57. The van der Waals surface area contributed by atoms with E-state index in [0.29, 0.717) is 13.1 Å². The molecule has 1 atom stereocenters. The van der Waals surface area contributed by atoms with Crippen LogP contribution in [-0.4, -0.2) is 49.5 Å². The summed E-state index contributed by atoms with van der Waals surface area (Å²) in [5.41, 5.74) is 6.03. The standard InChI is InChI=1S/C9H15F3N4O/c1-2-17-8(9(10,11)12)3-5-16(7-8)6-4-14-15-13/h2-7H2,1H3. The van der Waals surface area contributed by atoms with Gasteiger partial charge in [-0.25, -0.2) is 0 Å². The molecule has 0 amide bonds. The smallest absolute Gasteiger partial charge is 0.364 e. The highest BCUT2D eigenvalue weighted by atomic mass is 19.4. The normalized spacial score (nSPS) is 25.9. The van der Waals surface area contributed by atoms with Crippen LogP contribution in [-0.2, 0) is 4.74 Å². The third kappa shape index (κ3) is 3.24. The molecule has 0 radical (unpaired) electrons. The molecule has 1 fully saturated rings. The van der Waals surface area contributed by atoms with Gasteiger partial charge in [0.1, 0.15) is 0 Å². The number of alkyl halides is 3. The Balaban J connectivity index is 2.62. The molecule has 1 aliphatic heterocycles. The van der Waals surface area contributed by atoms with Crippen LogP contribution < -0.4 is 0 Å². The zero-order chi connectivity index (χ0) is 12.9. The number of azide groups is 1. The van der Waals surface area contributed by atoms with Gasteiger partial charge in [0, 0.05) is 37.7 Å². The second-order valence-corrected chi connectivity index (χ2v) is 3.91. The van der Waals surface area contributed by atoms with E-state index in [-0.39, 0.29) is 26.1 Å². The molecule has 0 N–H and O–H groups in total. The molecular weight excluding hydrogens is 237 g/mol. The van der Waals surface area contributed by atoms with Crippen LogP contribution in [0, 0.1) is 0 Å². The minimum atomic E-state index is -4.36. The van der Waals surface area contributed by atoms with Crippen LogP contribution >= 0.6 is 0 Å². The molecule has 1 saturated heterocycles. The summed E-state index contributed by atoms with van der Waals surface area (Å²) in [6, 6.07) is 0. The van der Waals surface area contributed by atoms with Crippen molar-refractivity contribution >= 4 is 0 Å². The molecule has 1 heterocycles. The number of likely N-dealkylation sites (tertiary alicyclic amines) is 1. The third-order valence-corrected chi connectivity index (χ3v) is 2.83. The lowest BCUT2D eigenvalue weighted by Crippen LogP contribution is -2.50. The van der Waals surface area contributed by atoms with Crippen LogP contribution in [0.2, 0.25) is 0 Å². The summed E-state index contributed by atoms with van der Waals surface area (Å²) in [7, 11) is 0. The fraction of sp³-hybridized carbons (Fsp3) is 1.00. The molecule has 8 heteroatoms.